The number of aromatic nitrogens is 1. The molecule has 3 nitrogen and oxygen atoms in total. The Morgan fingerprint density at radius 2 is 2.00 bits per heavy atom. The second kappa shape index (κ2) is 6.19. The van der Waals surface area contributed by atoms with Crippen LogP contribution in [0.3, 0.4) is 0 Å². The SMILES string of the molecule is Cc1cc(OCC2CCCCC2)c(CN)c(C)n1. The lowest BCUT2D eigenvalue weighted by Gasteiger charge is -2.22. The minimum atomic E-state index is 0.499. The molecule has 1 aromatic rings. The molecule has 0 bridgehead atoms. The van der Waals surface area contributed by atoms with Gasteiger partial charge < -0.3 is 10.5 Å². The van der Waals surface area contributed by atoms with Crippen LogP contribution < -0.4 is 10.5 Å². The maximum absolute atomic E-state index is 6.01. The van der Waals surface area contributed by atoms with E-state index in [0.717, 1.165) is 35.2 Å². The Bertz CT molecular complexity index is 398. The summed E-state index contributed by atoms with van der Waals surface area (Å²) in [6, 6.07) is 2.01. The topological polar surface area (TPSA) is 48.1 Å². The molecular weight excluding hydrogens is 224 g/mol. The van der Waals surface area contributed by atoms with Gasteiger partial charge in [0, 0.05) is 29.6 Å². The van der Waals surface area contributed by atoms with Crippen molar-refractivity contribution in [3.63, 3.8) is 0 Å². The van der Waals surface area contributed by atoms with Crippen LogP contribution in [0.15, 0.2) is 6.07 Å². The second-order valence-corrected chi connectivity index (χ2v) is 5.34. The van der Waals surface area contributed by atoms with E-state index in [4.69, 9.17) is 10.5 Å². The maximum atomic E-state index is 6.01. The quantitative estimate of drug-likeness (QED) is 0.890. The van der Waals surface area contributed by atoms with Crippen molar-refractivity contribution < 1.29 is 4.74 Å². The Balaban J connectivity index is 2.03. The third kappa shape index (κ3) is 3.22. The van der Waals surface area contributed by atoms with Crippen LogP contribution >= 0.6 is 0 Å². The molecule has 1 saturated carbocycles. The van der Waals surface area contributed by atoms with E-state index in [-0.39, 0.29) is 0 Å². The molecule has 0 unspecified atom stereocenters. The molecule has 100 valence electrons. The first kappa shape index (κ1) is 13.3. The highest BCUT2D eigenvalue weighted by Crippen LogP contribution is 2.27. The van der Waals surface area contributed by atoms with Crippen LogP contribution in [-0.4, -0.2) is 11.6 Å². The van der Waals surface area contributed by atoms with E-state index in [1.54, 1.807) is 0 Å². The molecule has 0 atom stereocenters. The van der Waals surface area contributed by atoms with E-state index in [1.165, 1.54) is 32.1 Å². The van der Waals surface area contributed by atoms with Gasteiger partial charge in [-0.25, -0.2) is 0 Å². The lowest BCUT2D eigenvalue weighted by atomic mass is 9.90. The standard InChI is InChI=1S/C15H24N2O/c1-11-8-15(14(9-16)12(2)17-11)18-10-13-6-4-3-5-7-13/h8,13H,3-7,9-10,16H2,1-2H3. The number of nitrogens with two attached hydrogens (primary N) is 1. The maximum Gasteiger partial charge on any atom is 0.127 e. The predicted molar refractivity (Wildman–Crippen MR) is 73.7 cm³/mol. The van der Waals surface area contributed by atoms with E-state index >= 15 is 0 Å². The largest absolute Gasteiger partial charge is 0.493 e. The summed E-state index contributed by atoms with van der Waals surface area (Å²) < 4.78 is 6.01. The Morgan fingerprint density at radius 1 is 1.28 bits per heavy atom. The number of ether oxygens (including phenoxy) is 1. The average Bonchev–Trinajstić information content (AvgIpc) is 2.37. The summed E-state index contributed by atoms with van der Waals surface area (Å²) in [5.74, 6) is 1.66. The minimum absolute atomic E-state index is 0.499. The fourth-order valence-corrected chi connectivity index (χ4v) is 2.76. The molecule has 2 N–H and O–H groups in total. The van der Waals surface area contributed by atoms with Crippen molar-refractivity contribution in [2.75, 3.05) is 6.61 Å². The lowest BCUT2D eigenvalue weighted by molar-refractivity contribution is 0.207. The van der Waals surface area contributed by atoms with Gasteiger partial charge in [0.2, 0.25) is 0 Å². The first-order chi connectivity index (χ1) is 8.70. The van der Waals surface area contributed by atoms with Gasteiger partial charge in [0.15, 0.2) is 0 Å². The lowest BCUT2D eigenvalue weighted by Crippen LogP contribution is -2.17. The predicted octanol–water partition coefficient (Wildman–Crippen LogP) is 3.12. The Labute approximate surface area is 110 Å². The summed E-state index contributed by atoms with van der Waals surface area (Å²) >= 11 is 0. The van der Waals surface area contributed by atoms with Gasteiger partial charge in [-0.05, 0) is 32.6 Å². The fraction of sp³-hybridized carbons (Fsp3) is 0.667. The number of hydrogen-bond donors (Lipinski definition) is 1. The molecule has 0 spiro atoms. The molecule has 0 saturated heterocycles. The molecule has 1 fully saturated rings. The molecule has 2 rings (SSSR count). The number of hydrogen-bond acceptors (Lipinski definition) is 3. The number of rotatable bonds is 4. The molecule has 0 aromatic carbocycles. The summed E-state index contributed by atoms with van der Waals surface area (Å²) in [6.07, 6.45) is 6.71. The summed E-state index contributed by atoms with van der Waals surface area (Å²) in [5, 5.41) is 0. The molecular formula is C15H24N2O. The van der Waals surface area contributed by atoms with Crippen LogP contribution in [0.1, 0.15) is 49.1 Å². The molecule has 0 aliphatic heterocycles. The Morgan fingerprint density at radius 3 is 2.67 bits per heavy atom. The van der Waals surface area contributed by atoms with Crippen molar-refractivity contribution in [2.45, 2.75) is 52.5 Å². The third-order valence-electron chi connectivity index (χ3n) is 3.82. The molecule has 0 amide bonds. The van der Waals surface area contributed by atoms with Gasteiger partial charge in [-0.15, -0.1) is 0 Å². The summed E-state index contributed by atoms with van der Waals surface area (Å²) in [7, 11) is 0. The zero-order valence-electron chi connectivity index (χ0n) is 11.5. The van der Waals surface area contributed by atoms with Crippen LogP contribution in [0.4, 0.5) is 0 Å². The Kier molecular flexibility index (Phi) is 4.59. The molecule has 1 aliphatic rings. The highest BCUT2D eigenvalue weighted by Gasteiger charge is 2.15. The zero-order valence-corrected chi connectivity index (χ0v) is 11.5. The zero-order chi connectivity index (χ0) is 13.0. The summed E-state index contributed by atoms with van der Waals surface area (Å²) in [5.41, 5.74) is 8.84. The van der Waals surface area contributed by atoms with Gasteiger partial charge in [0.25, 0.3) is 0 Å². The molecule has 3 heteroatoms. The normalized spacial score (nSPS) is 16.8. The average molecular weight is 248 g/mol. The number of aryl methyl sites for hydroxylation is 2. The fourth-order valence-electron chi connectivity index (χ4n) is 2.76. The highest BCUT2D eigenvalue weighted by atomic mass is 16.5. The van der Waals surface area contributed by atoms with E-state index in [9.17, 15) is 0 Å². The van der Waals surface area contributed by atoms with Crippen LogP contribution in [0, 0.1) is 19.8 Å². The van der Waals surface area contributed by atoms with Crippen LogP contribution in [0.2, 0.25) is 0 Å². The molecule has 1 heterocycles. The van der Waals surface area contributed by atoms with Crippen LogP contribution in [-0.2, 0) is 6.54 Å². The van der Waals surface area contributed by atoms with E-state index in [2.05, 4.69) is 4.98 Å². The summed E-state index contributed by atoms with van der Waals surface area (Å²) in [4.78, 5) is 4.44. The first-order valence-electron chi connectivity index (χ1n) is 7.00. The van der Waals surface area contributed by atoms with Crippen molar-refractivity contribution in [1.29, 1.82) is 0 Å². The van der Waals surface area contributed by atoms with E-state index in [0.29, 0.717) is 6.54 Å². The molecule has 1 aliphatic carbocycles. The van der Waals surface area contributed by atoms with Gasteiger partial charge in [-0.2, -0.15) is 0 Å². The van der Waals surface area contributed by atoms with Gasteiger partial charge in [-0.3, -0.25) is 4.98 Å². The Hall–Kier alpha value is -1.09. The molecule has 0 radical (unpaired) electrons. The third-order valence-corrected chi connectivity index (χ3v) is 3.82. The van der Waals surface area contributed by atoms with Crippen LogP contribution in [0.5, 0.6) is 5.75 Å². The van der Waals surface area contributed by atoms with Gasteiger partial charge in [0.1, 0.15) is 5.75 Å². The number of nitrogens with zero attached hydrogens (tertiary/aromatic N) is 1. The monoisotopic (exact) mass is 248 g/mol. The molecule has 18 heavy (non-hydrogen) atoms. The van der Waals surface area contributed by atoms with Crippen molar-refractivity contribution in [1.82, 2.24) is 4.98 Å². The summed E-state index contributed by atoms with van der Waals surface area (Å²) in [6.45, 7) is 5.33. The van der Waals surface area contributed by atoms with Crippen LogP contribution in [0.25, 0.3) is 0 Å². The first-order valence-corrected chi connectivity index (χ1v) is 7.00. The van der Waals surface area contributed by atoms with Gasteiger partial charge in [0.05, 0.1) is 6.61 Å². The van der Waals surface area contributed by atoms with Crippen molar-refractivity contribution >= 4 is 0 Å². The van der Waals surface area contributed by atoms with E-state index in [1.807, 2.05) is 19.9 Å². The minimum Gasteiger partial charge on any atom is -0.493 e. The van der Waals surface area contributed by atoms with Crippen molar-refractivity contribution in [3.05, 3.63) is 23.0 Å². The smallest absolute Gasteiger partial charge is 0.127 e. The van der Waals surface area contributed by atoms with Crippen molar-refractivity contribution in [2.24, 2.45) is 11.7 Å². The van der Waals surface area contributed by atoms with Crippen molar-refractivity contribution in [3.8, 4) is 5.75 Å². The molecule has 1 aromatic heterocycles. The number of pyridine rings is 1. The van der Waals surface area contributed by atoms with E-state index < -0.39 is 0 Å². The highest BCUT2D eigenvalue weighted by molar-refractivity contribution is 5.37. The van der Waals surface area contributed by atoms with Gasteiger partial charge in [-0.1, -0.05) is 19.3 Å². The van der Waals surface area contributed by atoms with Gasteiger partial charge >= 0.3 is 0 Å². The second-order valence-electron chi connectivity index (χ2n) is 5.34.